The molecule has 6 nitrogen and oxygen atoms in total. The lowest BCUT2D eigenvalue weighted by molar-refractivity contribution is 0.122. The normalized spacial score (nSPS) is 18.6. The van der Waals surface area contributed by atoms with E-state index >= 15 is 0 Å². The van der Waals surface area contributed by atoms with Crippen LogP contribution in [0.25, 0.3) is 5.69 Å². The van der Waals surface area contributed by atoms with Gasteiger partial charge in [-0.25, -0.2) is 9.36 Å². The molecule has 0 N–H and O–H groups in total. The van der Waals surface area contributed by atoms with Crippen molar-refractivity contribution in [3.63, 3.8) is 0 Å². The van der Waals surface area contributed by atoms with Gasteiger partial charge in [-0.2, -0.15) is 0 Å². The Balaban J connectivity index is 1.95. The zero-order valence-electron chi connectivity index (χ0n) is 15.9. The number of aromatic nitrogens is 2. The first-order valence-electron chi connectivity index (χ1n) is 9.95. The Bertz CT molecular complexity index is 851. The molecule has 0 spiro atoms. The monoisotopic (exact) mass is 369 g/mol. The highest BCUT2D eigenvalue weighted by Gasteiger charge is 2.27. The van der Waals surface area contributed by atoms with Crippen LogP contribution in [0.2, 0.25) is 0 Å². The molecule has 1 aliphatic heterocycles. The molecule has 4 rings (SSSR count). The summed E-state index contributed by atoms with van der Waals surface area (Å²) >= 11 is 0. The van der Waals surface area contributed by atoms with Gasteiger partial charge in [-0.05, 0) is 31.9 Å². The number of rotatable bonds is 3. The van der Waals surface area contributed by atoms with Gasteiger partial charge in [-0.15, -0.1) is 0 Å². The van der Waals surface area contributed by atoms with Crippen LogP contribution in [0, 0.1) is 6.92 Å². The lowest BCUT2D eigenvalue weighted by atomic mass is 9.95. The quantitative estimate of drug-likeness (QED) is 0.835. The highest BCUT2D eigenvalue weighted by atomic mass is 16.5. The zero-order chi connectivity index (χ0) is 18.8. The first-order chi connectivity index (χ1) is 13.2. The Labute approximate surface area is 159 Å². The van der Waals surface area contributed by atoms with E-state index in [1.165, 1.54) is 11.0 Å². The first-order valence-corrected chi connectivity index (χ1v) is 9.95. The summed E-state index contributed by atoms with van der Waals surface area (Å²) in [6.07, 6.45) is 5.48. The highest BCUT2D eigenvalue weighted by molar-refractivity contribution is 5.51. The molecule has 1 saturated heterocycles. The second-order valence-corrected chi connectivity index (χ2v) is 7.45. The molecule has 0 bridgehead atoms. The van der Waals surface area contributed by atoms with Crippen LogP contribution in [0.5, 0.6) is 0 Å². The number of para-hydroxylation sites is 1. The lowest BCUT2D eigenvalue weighted by Crippen LogP contribution is -2.47. The minimum atomic E-state index is -0.224. The summed E-state index contributed by atoms with van der Waals surface area (Å²) in [4.78, 5) is 28.9. The Morgan fingerprint density at radius 1 is 0.963 bits per heavy atom. The minimum Gasteiger partial charge on any atom is -0.378 e. The molecule has 1 aliphatic carbocycles. The van der Waals surface area contributed by atoms with Gasteiger partial charge in [0.1, 0.15) is 5.69 Å². The van der Waals surface area contributed by atoms with E-state index in [1.807, 2.05) is 41.8 Å². The molecular formula is C21H27N3O3. The fourth-order valence-electron chi connectivity index (χ4n) is 4.44. The summed E-state index contributed by atoms with van der Waals surface area (Å²) in [5.41, 5.74) is 1.63. The van der Waals surface area contributed by atoms with Gasteiger partial charge in [0.25, 0.3) is 5.56 Å². The average molecular weight is 369 g/mol. The topological polar surface area (TPSA) is 56.5 Å². The van der Waals surface area contributed by atoms with Crippen LogP contribution in [-0.4, -0.2) is 35.4 Å². The number of morpholine rings is 1. The van der Waals surface area contributed by atoms with Crippen molar-refractivity contribution in [3.05, 3.63) is 56.9 Å². The number of hydrogen-bond donors (Lipinski definition) is 0. The van der Waals surface area contributed by atoms with Crippen molar-refractivity contribution in [3.8, 4) is 5.69 Å². The van der Waals surface area contributed by atoms with Crippen molar-refractivity contribution in [2.24, 2.45) is 0 Å². The van der Waals surface area contributed by atoms with Crippen LogP contribution < -0.4 is 16.1 Å². The standard InChI is InChI=1S/C21H27N3O3/c1-16-19(22-12-14-27-15-13-22)20(25)24(18-10-6-3-7-11-18)21(26)23(16)17-8-4-2-5-9-17/h3,6-7,10-11,17H,2,4-5,8-9,12-15H2,1H3. The predicted octanol–water partition coefficient (Wildman–Crippen LogP) is 2.65. The van der Waals surface area contributed by atoms with Crippen molar-refractivity contribution in [2.75, 3.05) is 31.2 Å². The van der Waals surface area contributed by atoms with Crippen molar-refractivity contribution >= 4 is 5.69 Å². The molecule has 2 heterocycles. The van der Waals surface area contributed by atoms with Gasteiger partial charge in [0.05, 0.1) is 18.9 Å². The lowest BCUT2D eigenvalue weighted by Gasteiger charge is -2.33. The van der Waals surface area contributed by atoms with Crippen LogP contribution >= 0.6 is 0 Å². The maximum absolute atomic E-state index is 13.4. The predicted molar refractivity (Wildman–Crippen MR) is 106 cm³/mol. The van der Waals surface area contributed by atoms with E-state index in [4.69, 9.17) is 4.74 Å². The smallest absolute Gasteiger partial charge is 0.336 e. The van der Waals surface area contributed by atoms with Crippen molar-refractivity contribution < 1.29 is 4.74 Å². The molecule has 2 fully saturated rings. The van der Waals surface area contributed by atoms with Gasteiger partial charge in [-0.3, -0.25) is 9.36 Å². The van der Waals surface area contributed by atoms with E-state index in [9.17, 15) is 9.59 Å². The van der Waals surface area contributed by atoms with Crippen LogP contribution in [0.1, 0.15) is 43.8 Å². The molecule has 0 radical (unpaired) electrons. The SMILES string of the molecule is Cc1c(N2CCOCC2)c(=O)n(-c2ccccc2)c(=O)n1C1CCCCC1. The van der Waals surface area contributed by atoms with Gasteiger partial charge < -0.3 is 9.64 Å². The van der Waals surface area contributed by atoms with Crippen LogP contribution in [0.4, 0.5) is 5.69 Å². The van der Waals surface area contributed by atoms with Crippen molar-refractivity contribution in [1.29, 1.82) is 0 Å². The maximum atomic E-state index is 13.4. The zero-order valence-corrected chi connectivity index (χ0v) is 15.9. The molecule has 0 amide bonds. The third-order valence-corrected chi connectivity index (χ3v) is 5.79. The molecule has 1 aromatic carbocycles. The Morgan fingerprint density at radius 3 is 2.30 bits per heavy atom. The first kappa shape index (κ1) is 18.0. The van der Waals surface area contributed by atoms with Crippen molar-refractivity contribution in [1.82, 2.24) is 9.13 Å². The summed E-state index contributed by atoms with van der Waals surface area (Å²) in [6, 6.07) is 9.44. The molecule has 2 aliphatic rings. The number of hydrogen-bond acceptors (Lipinski definition) is 4. The van der Waals surface area contributed by atoms with E-state index < -0.39 is 0 Å². The Kier molecular flexibility index (Phi) is 5.16. The van der Waals surface area contributed by atoms with Gasteiger partial charge >= 0.3 is 5.69 Å². The Morgan fingerprint density at radius 2 is 1.63 bits per heavy atom. The van der Waals surface area contributed by atoms with E-state index in [2.05, 4.69) is 4.90 Å². The molecule has 2 aromatic rings. The van der Waals surface area contributed by atoms with Gasteiger partial charge in [-0.1, -0.05) is 37.5 Å². The largest absolute Gasteiger partial charge is 0.378 e. The van der Waals surface area contributed by atoms with Crippen LogP contribution in [0.3, 0.4) is 0 Å². The Hall–Kier alpha value is -2.34. The second-order valence-electron chi connectivity index (χ2n) is 7.45. The summed E-state index contributed by atoms with van der Waals surface area (Å²) in [5.74, 6) is 0. The van der Waals surface area contributed by atoms with Gasteiger partial charge in [0, 0.05) is 24.8 Å². The second kappa shape index (κ2) is 7.72. The third kappa shape index (κ3) is 3.34. The summed E-state index contributed by atoms with van der Waals surface area (Å²) in [5, 5.41) is 0. The fraction of sp³-hybridized carbons (Fsp3) is 0.524. The van der Waals surface area contributed by atoms with Gasteiger partial charge in [0.2, 0.25) is 0 Å². The molecule has 6 heteroatoms. The van der Waals surface area contributed by atoms with E-state index in [0.717, 1.165) is 31.4 Å². The highest BCUT2D eigenvalue weighted by Crippen LogP contribution is 2.29. The third-order valence-electron chi connectivity index (χ3n) is 5.79. The minimum absolute atomic E-state index is 0.168. The molecule has 0 unspecified atom stereocenters. The number of ether oxygens (including phenoxy) is 1. The molecule has 1 aromatic heterocycles. The number of nitrogens with zero attached hydrogens (tertiary/aromatic N) is 3. The van der Waals surface area contributed by atoms with Gasteiger partial charge in [0.15, 0.2) is 0 Å². The molecule has 144 valence electrons. The van der Waals surface area contributed by atoms with E-state index in [1.54, 1.807) is 0 Å². The number of benzene rings is 1. The summed E-state index contributed by atoms with van der Waals surface area (Å²) in [6.45, 7) is 4.48. The summed E-state index contributed by atoms with van der Waals surface area (Å²) < 4.78 is 8.71. The summed E-state index contributed by atoms with van der Waals surface area (Å²) in [7, 11) is 0. The van der Waals surface area contributed by atoms with Crippen LogP contribution in [0.15, 0.2) is 39.9 Å². The van der Waals surface area contributed by atoms with Crippen LogP contribution in [-0.2, 0) is 4.74 Å². The van der Waals surface area contributed by atoms with Crippen molar-refractivity contribution in [2.45, 2.75) is 45.1 Å². The number of anilines is 1. The van der Waals surface area contributed by atoms with E-state index in [-0.39, 0.29) is 17.3 Å². The average Bonchev–Trinajstić information content (AvgIpc) is 2.70. The molecule has 0 atom stereocenters. The molecule has 1 saturated carbocycles. The molecule has 27 heavy (non-hydrogen) atoms. The van der Waals surface area contributed by atoms with E-state index in [0.29, 0.717) is 37.7 Å². The fourth-order valence-corrected chi connectivity index (χ4v) is 4.44. The maximum Gasteiger partial charge on any atom is 0.336 e. The molecular weight excluding hydrogens is 342 g/mol.